The van der Waals surface area contributed by atoms with E-state index >= 15 is 0 Å². The maximum atomic E-state index is 14.2. The summed E-state index contributed by atoms with van der Waals surface area (Å²) in [4.78, 5) is 18.7. The third kappa shape index (κ3) is 6.91. The first-order valence-corrected chi connectivity index (χ1v) is 15.0. The number of likely N-dealkylation sites (tertiary alicyclic amines) is 1. The second-order valence-corrected chi connectivity index (χ2v) is 13.4. The van der Waals surface area contributed by atoms with Gasteiger partial charge in [0.25, 0.3) is 10.2 Å². The highest BCUT2D eigenvalue weighted by Gasteiger charge is 2.41. The Hall–Kier alpha value is -2.16. The average Bonchev–Trinajstić information content (AvgIpc) is 3.35. The molecule has 2 aromatic rings. The highest BCUT2D eigenvalue weighted by molar-refractivity contribution is 7.86. The van der Waals surface area contributed by atoms with Crippen molar-refractivity contribution in [1.82, 2.24) is 23.3 Å². The Morgan fingerprint density at radius 1 is 0.951 bits per heavy atom. The van der Waals surface area contributed by atoms with Gasteiger partial charge in [0, 0.05) is 71.9 Å². The number of hydrogen-bond acceptors (Lipinski definition) is 4. The van der Waals surface area contributed by atoms with Gasteiger partial charge >= 0.3 is 12.2 Å². The van der Waals surface area contributed by atoms with Crippen LogP contribution in [0.5, 0.6) is 0 Å². The lowest BCUT2D eigenvalue weighted by atomic mass is 9.93. The number of hydrogen-bond donors (Lipinski definition) is 0. The fourth-order valence-corrected chi connectivity index (χ4v) is 6.69. The molecular formula is C26H31Cl2F4N5O3S. The predicted octanol–water partition coefficient (Wildman–Crippen LogP) is 4.60. The van der Waals surface area contributed by atoms with Gasteiger partial charge in [-0.25, -0.2) is 9.18 Å². The van der Waals surface area contributed by atoms with Crippen LogP contribution in [-0.4, -0.2) is 104 Å². The highest BCUT2D eigenvalue weighted by atomic mass is 35.5. The van der Waals surface area contributed by atoms with Crippen LogP contribution in [-0.2, 0) is 22.9 Å². The maximum absolute atomic E-state index is 14.2. The van der Waals surface area contributed by atoms with Gasteiger partial charge in [0.15, 0.2) is 0 Å². The van der Waals surface area contributed by atoms with Crippen LogP contribution in [0.3, 0.4) is 0 Å². The lowest BCUT2D eigenvalue weighted by Crippen LogP contribution is -2.55. The third-order valence-corrected chi connectivity index (χ3v) is 10.2. The normalized spacial score (nSPS) is 20.9. The number of halogens is 6. The van der Waals surface area contributed by atoms with Gasteiger partial charge in [-0.1, -0.05) is 35.3 Å². The SMILES string of the molecule is CN(Cc1ccc(C(F)(F)F)c(F)c1)C1CN(C(=O)N2CCN(S(=O)(=O)N(C)C)CC2)C[C@@H]1c1ccc(Cl)c(Cl)c1. The van der Waals surface area contributed by atoms with E-state index in [9.17, 15) is 30.8 Å². The number of nitrogens with zero attached hydrogens (tertiary/aromatic N) is 5. The lowest BCUT2D eigenvalue weighted by Gasteiger charge is -2.37. The van der Waals surface area contributed by atoms with Crippen LogP contribution in [0.1, 0.15) is 22.6 Å². The summed E-state index contributed by atoms with van der Waals surface area (Å²) in [5, 5.41) is 0.718. The molecule has 0 aliphatic carbocycles. The first kappa shape index (κ1) is 31.8. The summed E-state index contributed by atoms with van der Waals surface area (Å²) < 4.78 is 80.7. The number of likely N-dealkylation sites (N-methyl/N-ethyl adjacent to an activating group) is 1. The monoisotopic (exact) mass is 639 g/mol. The standard InChI is InChI=1S/C26H31Cl2F4N5O3S/c1-33(2)41(39,40)37-10-8-35(9-11-37)25(38)36-15-19(18-5-7-21(27)22(28)13-18)24(16-36)34(3)14-17-4-6-20(23(29)12-17)26(30,31)32/h4-7,12-13,19,24H,8-11,14-16H2,1-3H3/t19-,24?/m1/s1. The Bertz CT molecular complexity index is 1390. The lowest BCUT2D eigenvalue weighted by molar-refractivity contribution is -0.140. The molecule has 2 aliphatic rings. The van der Waals surface area contributed by atoms with E-state index in [0.717, 1.165) is 22.0 Å². The Morgan fingerprint density at radius 2 is 1.61 bits per heavy atom. The summed E-state index contributed by atoms with van der Waals surface area (Å²) in [5.74, 6) is -1.57. The highest BCUT2D eigenvalue weighted by Crippen LogP contribution is 2.36. The van der Waals surface area contributed by atoms with Crippen molar-refractivity contribution in [2.45, 2.75) is 24.7 Å². The van der Waals surface area contributed by atoms with Crippen molar-refractivity contribution in [3.63, 3.8) is 0 Å². The number of benzene rings is 2. The third-order valence-electron chi connectivity index (χ3n) is 7.57. The van der Waals surface area contributed by atoms with Crippen LogP contribution in [0.15, 0.2) is 36.4 Å². The molecule has 2 fully saturated rings. The van der Waals surface area contributed by atoms with Crippen LogP contribution < -0.4 is 0 Å². The van der Waals surface area contributed by atoms with E-state index in [1.807, 2.05) is 11.0 Å². The minimum Gasteiger partial charge on any atom is -0.322 e. The summed E-state index contributed by atoms with van der Waals surface area (Å²) in [6.07, 6.45) is -4.79. The summed E-state index contributed by atoms with van der Waals surface area (Å²) in [7, 11) is 1.09. The fourth-order valence-electron chi connectivity index (χ4n) is 5.29. The van der Waals surface area contributed by atoms with Crippen LogP contribution in [0.25, 0.3) is 0 Å². The molecule has 2 aromatic carbocycles. The zero-order valence-corrected chi connectivity index (χ0v) is 25.0. The second-order valence-electron chi connectivity index (χ2n) is 10.4. The molecule has 1 unspecified atom stereocenters. The number of urea groups is 1. The molecule has 2 atom stereocenters. The molecule has 8 nitrogen and oxygen atoms in total. The van der Waals surface area contributed by atoms with Gasteiger partial charge in [0.1, 0.15) is 5.82 Å². The fraction of sp³-hybridized carbons (Fsp3) is 0.500. The van der Waals surface area contributed by atoms with Gasteiger partial charge in [0.2, 0.25) is 0 Å². The Kier molecular flexibility index (Phi) is 9.46. The minimum absolute atomic E-state index is 0.140. The Morgan fingerprint density at radius 3 is 2.17 bits per heavy atom. The molecule has 2 saturated heterocycles. The number of alkyl halides is 3. The molecule has 2 amide bonds. The van der Waals surface area contributed by atoms with Gasteiger partial charge < -0.3 is 9.80 Å². The molecule has 2 heterocycles. The first-order chi connectivity index (χ1) is 19.1. The first-order valence-electron chi connectivity index (χ1n) is 12.8. The molecule has 226 valence electrons. The van der Waals surface area contributed by atoms with E-state index in [0.29, 0.717) is 28.7 Å². The zero-order valence-electron chi connectivity index (χ0n) is 22.7. The van der Waals surface area contributed by atoms with Gasteiger partial charge in [-0.05, 0) is 42.4 Å². The molecule has 0 saturated carbocycles. The topological polar surface area (TPSA) is 67.4 Å². The summed E-state index contributed by atoms with van der Waals surface area (Å²) >= 11 is 12.4. The van der Waals surface area contributed by atoms with Gasteiger partial charge in [-0.3, -0.25) is 4.90 Å². The molecule has 0 N–H and O–H groups in total. The molecule has 4 rings (SSSR count). The van der Waals surface area contributed by atoms with E-state index in [1.54, 1.807) is 29.0 Å². The van der Waals surface area contributed by atoms with Gasteiger partial charge in [-0.15, -0.1) is 0 Å². The maximum Gasteiger partial charge on any atom is 0.419 e. The van der Waals surface area contributed by atoms with Gasteiger partial charge in [-0.2, -0.15) is 30.2 Å². The predicted molar refractivity (Wildman–Crippen MR) is 149 cm³/mol. The van der Waals surface area contributed by atoms with Crippen molar-refractivity contribution in [2.24, 2.45) is 0 Å². The Balaban J connectivity index is 1.53. The number of carbonyl (C=O) groups excluding carboxylic acids is 1. The molecule has 41 heavy (non-hydrogen) atoms. The number of piperazine rings is 1. The molecule has 0 bridgehead atoms. The van der Waals surface area contributed by atoms with Crippen LogP contribution in [0.4, 0.5) is 22.4 Å². The molecule has 0 aromatic heterocycles. The van der Waals surface area contributed by atoms with Crippen molar-refractivity contribution < 1.29 is 30.8 Å². The van der Waals surface area contributed by atoms with E-state index < -0.39 is 27.8 Å². The summed E-state index contributed by atoms with van der Waals surface area (Å²) in [6, 6.07) is 7.54. The number of rotatable bonds is 6. The van der Waals surface area contributed by atoms with Crippen LogP contribution in [0.2, 0.25) is 10.0 Å². The van der Waals surface area contributed by atoms with E-state index in [2.05, 4.69) is 0 Å². The quantitative estimate of drug-likeness (QED) is 0.434. The smallest absolute Gasteiger partial charge is 0.322 e. The number of carbonyl (C=O) groups is 1. The molecular weight excluding hydrogens is 609 g/mol. The summed E-state index contributed by atoms with van der Waals surface area (Å²) in [6.45, 7) is 1.54. The zero-order chi connectivity index (χ0) is 30.3. The van der Waals surface area contributed by atoms with Crippen LogP contribution >= 0.6 is 23.2 Å². The van der Waals surface area contributed by atoms with Crippen molar-refractivity contribution in [1.29, 1.82) is 0 Å². The molecule has 2 aliphatic heterocycles. The summed E-state index contributed by atoms with van der Waals surface area (Å²) in [5.41, 5.74) is -0.144. The van der Waals surface area contributed by atoms with Crippen molar-refractivity contribution in [2.75, 3.05) is 60.4 Å². The van der Waals surface area contributed by atoms with Crippen molar-refractivity contribution in [3.8, 4) is 0 Å². The molecule has 0 spiro atoms. The van der Waals surface area contributed by atoms with Crippen molar-refractivity contribution >= 4 is 39.4 Å². The molecule has 15 heteroatoms. The Labute approximate surface area is 247 Å². The van der Waals surface area contributed by atoms with Crippen LogP contribution in [0, 0.1) is 5.82 Å². The number of amides is 2. The van der Waals surface area contributed by atoms with E-state index in [-0.39, 0.29) is 50.7 Å². The van der Waals surface area contributed by atoms with E-state index in [1.165, 1.54) is 24.5 Å². The van der Waals surface area contributed by atoms with Crippen molar-refractivity contribution in [3.05, 3.63) is 69.0 Å². The molecule has 0 radical (unpaired) electrons. The average molecular weight is 641 g/mol. The second kappa shape index (κ2) is 12.2. The van der Waals surface area contributed by atoms with Gasteiger partial charge in [0.05, 0.1) is 15.6 Å². The van der Waals surface area contributed by atoms with E-state index in [4.69, 9.17) is 23.2 Å². The largest absolute Gasteiger partial charge is 0.419 e. The minimum atomic E-state index is -4.79.